The highest BCUT2D eigenvalue weighted by Gasteiger charge is 2.09. The van der Waals surface area contributed by atoms with Crippen LogP contribution in [0.1, 0.15) is 29.8 Å². The van der Waals surface area contributed by atoms with Crippen molar-refractivity contribution >= 4 is 5.78 Å². The van der Waals surface area contributed by atoms with Gasteiger partial charge in [-0.1, -0.05) is 0 Å². The lowest BCUT2D eigenvalue weighted by molar-refractivity contribution is 0.103. The minimum atomic E-state index is -0.0731. The van der Waals surface area contributed by atoms with Crippen LogP contribution in [0, 0.1) is 0 Å². The van der Waals surface area contributed by atoms with Crippen molar-refractivity contribution in [2.24, 2.45) is 0 Å². The third-order valence-corrected chi connectivity index (χ3v) is 2.62. The van der Waals surface area contributed by atoms with Gasteiger partial charge >= 0.3 is 0 Å². The van der Waals surface area contributed by atoms with Gasteiger partial charge in [-0.25, -0.2) is 0 Å². The number of rotatable bonds is 4. The van der Waals surface area contributed by atoms with Crippen molar-refractivity contribution in [3.63, 3.8) is 0 Å². The molecule has 3 nitrogen and oxygen atoms in total. The van der Waals surface area contributed by atoms with Gasteiger partial charge in [-0.15, -0.1) is 0 Å². The molecule has 2 aromatic carbocycles. The maximum Gasteiger partial charge on any atom is 0.193 e. The smallest absolute Gasteiger partial charge is 0.193 e. The second kappa shape index (κ2) is 5.57. The lowest BCUT2D eigenvalue weighted by Crippen LogP contribution is -2.06. The van der Waals surface area contributed by atoms with Crippen molar-refractivity contribution in [3.8, 4) is 11.5 Å². The van der Waals surface area contributed by atoms with Crippen molar-refractivity contribution in [2.45, 2.75) is 20.0 Å². The fourth-order valence-electron chi connectivity index (χ4n) is 1.74. The van der Waals surface area contributed by atoms with E-state index in [0.717, 1.165) is 5.75 Å². The largest absolute Gasteiger partial charge is 0.508 e. The Kier molecular flexibility index (Phi) is 3.85. The molecule has 0 saturated heterocycles. The topological polar surface area (TPSA) is 46.5 Å². The van der Waals surface area contributed by atoms with Crippen molar-refractivity contribution in [1.82, 2.24) is 0 Å². The first kappa shape index (κ1) is 13.1. The molecule has 0 saturated carbocycles. The maximum absolute atomic E-state index is 12.2. The molecule has 2 aromatic rings. The van der Waals surface area contributed by atoms with Crippen molar-refractivity contribution in [2.75, 3.05) is 0 Å². The van der Waals surface area contributed by atoms with Crippen LogP contribution in [0.15, 0.2) is 48.5 Å². The average molecular weight is 256 g/mol. The summed E-state index contributed by atoms with van der Waals surface area (Å²) in [5.41, 5.74) is 1.15. The summed E-state index contributed by atoms with van der Waals surface area (Å²) < 4.78 is 5.53. The van der Waals surface area contributed by atoms with Gasteiger partial charge in [0.15, 0.2) is 5.78 Å². The van der Waals surface area contributed by atoms with Gasteiger partial charge < -0.3 is 9.84 Å². The molecule has 0 aliphatic carbocycles. The molecule has 19 heavy (non-hydrogen) atoms. The van der Waals surface area contributed by atoms with E-state index < -0.39 is 0 Å². The van der Waals surface area contributed by atoms with Crippen molar-refractivity contribution < 1.29 is 14.6 Å². The number of hydrogen-bond acceptors (Lipinski definition) is 3. The van der Waals surface area contributed by atoms with E-state index in [1.165, 1.54) is 12.1 Å². The third kappa shape index (κ3) is 3.35. The van der Waals surface area contributed by atoms with Crippen LogP contribution < -0.4 is 4.74 Å². The molecule has 0 spiro atoms. The lowest BCUT2D eigenvalue weighted by Gasteiger charge is -2.09. The molecule has 3 heteroatoms. The van der Waals surface area contributed by atoms with Crippen molar-refractivity contribution in [3.05, 3.63) is 59.7 Å². The number of ketones is 1. The predicted molar refractivity (Wildman–Crippen MR) is 73.7 cm³/mol. The predicted octanol–water partition coefficient (Wildman–Crippen LogP) is 3.41. The van der Waals surface area contributed by atoms with Gasteiger partial charge in [0, 0.05) is 11.1 Å². The van der Waals surface area contributed by atoms with Crippen LogP contribution >= 0.6 is 0 Å². The van der Waals surface area contributed by atoms with Crippen molar-refractivity contribution in [1.29, 1.82) is 0 Å². The number of phenols is 1. The molecule has 98 valence electrons. The SMILES string of the molecule is CC(C)Oc1ccc(C(=O)c2ccc(O)cc2)cc1. The summed E-state index contributed by atoms with van der Waals surface area (Å²) in [4.78, 5) is 12.2. The molecule has 0 aliphatic rings. The molecule has 0 aromatic heterocycles. The van der Waals surface area contributed by atoms with Crippen LogP contribution in [0.4, 0.5) is 0 Å². The van der Waals surface area contributed by atoms with E-state index in [0.29, 0.717) is 11.1 Å². The maximum atomic E-state index is 12.2. The molecule has 1 N–H and O–H groups in total. The number of benzene rings is 2. The molecular weight excluding hydrogens is 240 g/mol. The Balaban J connectivity index is 2.17. The Morgan fingerprint density at radius 2 is 1.42 bits per heavy atom. The Hall–Kier alpha value is -2.29. The summed E-state index contributed by atoms with van der Waals surface area (Å²) >= 11 is 0. The van der Waals surface area contributed by atoms with Crippen LogP contribution in [-0.2, 0) is 0 Å². The van der Waals surface area contributed by atoms with Crippen LogP contribution in [0.25, 0.3) is 0 Å². The molecule has 0 unspecified atom stereocenters. The zero-order valence-corrected chi connectivity index (χ0v) is 11.0. The van der Waals surface area contributed by atoms with E-state index in [2.05, 4.69) is 0 Å². The van der Waals surface area contributed by atoms with Gasteiger partial charge in [-0.2, -0.15) is 0 Å². The zero-order valence-electron chi connectivity index (χ0n) is 11.0. The zero-order chi connectivity index (χ0) is 13.8. The standard InChI is InChI=1S/C16H16O3/c1-11(2)19-15-9-5-13(6-10-15)16(18)12-3-7-14(17)8-4-12/h3-11,17H,1-2H3. The molecule has 0 fully saturated rings. The highest BCUT2D eigenvalue weighted by Crippen LogP contribution is 2.18. The summed E-state index contributed by atoms with van der Waals surface area (Å²) in [5.74, 6) is 0.825. The minimum Gasteiger partial charge on any atom is -0.508 e. The number of carbonyl (C=O) groups excluding carboxylic acids is 1. The number of aromatic hydroxyl groups is 1. The van der Waals surface area contributed by atoms with Crippen LogP contribution in [0.3, 0.4) is 0 Å². The average Bonchev–Trinajstić information content (AvgIpc) is 2.39. The quantitative estimate of drug-likeness (QED) is 0.853. The molecule has 0 radical (unpaired) electrons. The molecule has 0 heterocycles. The summed E-state index contributed by atoms with van der Waals surface area (Å²) in [6.07, 6.45) is 0.110. The summed E-state index contributed by atoms with van der Waals surface area (Å²) in [7, 11) is 0. The fourth-order valence-corrected chi connectivity index (χ4v) is 1.74. The number of carbonyl (C=O) groups is 1. The Bertz CT molecular complexity index is 554. The Labute approximate surface area is 112 Å². The van der Waals surface area contributed by atoms with Crippen LogP contribution in [0.2, 0.25) is 0 Å². The molecule has 0 bridgehead atoms. The van der Waals surface area contributed by atoms with E-state index in [9.17, 15) is 9.90 Å². The van der Waals surface area contributed by atoms with Gasteiger partial charge in [0.05, 0.1) is 6.10 Å². The number of ether oxygens (including phenoxy) is 1. The number of hydrogen-bond donors (Lipinski definition) is 1. The van der Waals surface area contributed by atoms with E-state index >= 15 is 0 Å². The minimum absolute atomic E-state index is 0.0731. The van der Waals surface area contributed by atoms with Gasteiger partial charge in [-0.3, -0.25) is 4.79 Å². The second-order valence-electron chi connectivity index (χ2n) is 4.57. The molecule has 0 atom stereocenters. The monoisotopic (exact) mass is 256 g/mol. The van der Waals surface area contributed by atoms with Crippen LogP contribution in [0.5, 0.6) is 11.5 Å². The molecular formula is C16H16O3. The van der Waals surface area contributed by atoms with Gasteiger partial charge in [0.1, 0.15) is 11.5 Å². The van der Waals surface area contributed by atoms with Crippen LogP contribution in [-0.4, -0.2) is 17.0 Å². The normalized spacial score (nSPS) is 10.5. The summed E-state index contributed by atoms with van der Waals surface area (Å²) in [5, 5.41) is 9.20. The van der Waals surface area contributed by atoms with Gasteiger partial charge in [0.2, 0.25) is 0 Å². The first-order chi connectivity index (χ1) is 9.06. The van der Waals surface area contributed by atoms with E-state index in [1.54, 1.807) is 36.4 Å². The first-order valence-electron chi connectivity index (χ1n) is 6.16. The highest BCUT2D eigenvalue weighted by molar-refractivity contribution is 6.09. The molecule has 0 aliphatic heterocycles. The Morgan fingerprint density at radius 3 is 1.89 bits per heavy atom. The fraction of sp³-hybridized carbons (Fsp3) is 0.188. The first-order valence-corrected chi connectivity index (χ1v) is 6.16. The highest BCUT2D eigenvalue weighted by atomic mass is 16.5. The second-order valence-corrected chi connectivity index (χ2v) is 4.57. The summed E-state index contributed by atoms with van der Waals surface area (Å²) in [6, 6.07) is 13.3. The Morgan fingerprint density at radius 1 is 0.947 bits per heavy atom. The summed E-state index contributed by atoms with van der Waals surface area (Å²) in [6.45, 7) is 3.91. The third-order valence-electron chi connectivity index (χ3n) is 2.62. The lowest BCUT2D eigenvalue weighted by atomic mass is 10.0. The van der Waals surface area contributed by atoms with Gasteiger partial charge in [0.25, 0.3) is 0 Å². The van der Waals surface area contributed by atoms with E-state index in [4.69, 9.17) is 4.74 Å². The van der Waals surface area contributed by atoms with E-state index in [-0.39, 0.29) is 17.6 Å². The molecule has 2 rings (SSSR count). The number of phenolic OH excluding ortho intramolecular Hbond substituents is 1. The van der Waals surface area contributed by atoms with Gasteiger partial charge in [-0.05, 0) is 62.4 Å². The molecule has 0 amide bonds. The van der Waals surface area contributed by atoms with E-state index in [1.807, 2.05) is 13.8 Å².